The van der Waals surface area contributed by atoms with Gasteiger partial charge in [0.1, 0.15) is 5.75 Å². The third kappa shape index (κ3) is 3.26. The fraction of sp³-hybridized carbons (Fsp3) is 0.368. The summed E-state index contributed by atoms with van der Waals surface area (Å²) < 4.78 is 5.40. The van der Waals surface area contributed by atoms with E-state index < -0.39 is 5.54 Å². The second-order valence-corrected chi connectivity index (χ2v) is 6.23. The largest absolute Gasteiger partial charge is 0.496 e. The first-order valence-corrected chi connectivity index (χ1v) is 8.20. The number of aromatic nitrogens is 1. The zero-order valence-corrected chi connectivity index (χ0v) is 13.8. The molecule has 0 unspecified atom stereocenters. The van der Waals surface area contributed by atoms with E-state index in [0.717, 1.165) is 36.9 Å². The minimum atomic E-state index is -0.484. The number of ether oxygens (including phenoxy) is 1. The number of hydrogen-bond acceptors (Lipinski definition) is 4. The molecule has 126 valence electrons. The molecule has 5 heteroatoms. The fourth-order valence-corrected chi connectivity index (χ4v) is 3.26. The first kappa shape index (κ1) is 16.5. The Labute approximate surface area is 141 Å². The maximum absolute atomic E-state index is 12.7. The molecule has 0 atom stereocenters. The Kier molecular flexibility index (Phi) is 4.81. The predicted octanol–water partition coefficient (Wildman–Crippen LogP) is 2.79. The second-order valence-electron chi connectivity index (χ2n) is 6.23. The summed E-state index contributed by atoms with van der Waals surface area (Å²) in [5.41, 5.74) is 1.58. The highest BCUT2D eigenvalue weighted by Crippen LogP contribution is 2.31. The molecule has 1 aromatic carbocycles. The summed E-state index contributed by atoms with van der Waals surface area (Å²) in [6.45, 7) is -0.0258. The maximum atomic E-state index is 12.7. The summed E-state index contributed by atoms with van der Waals surface area (Å²) in [5.74, 6) is 0.494. The topological polar surface area (TPSA) is 71.5 Å². The molecule has 3 rings (SSSR count). The number of carbonyl (C=O) groups excluding carboxylic acids is 1. The molecule has 1 heterocycles. The minimum Gasteiger partial charge on any atom is -0.496 e. The van der Waals surface area contributed by atoms with E-state index in [1.165, 1.54) is 0 Å². The van der Waals surface area contributed by atoms with Crippen molar-refractivity contribution in [3.63, 3.8) is 0 Å². The third-order valence-electron chi connectivity index (χ3n) is 4.64. The highest BCUT2D eigenvalue weighted by molar-refractivity contribution is 5.96. The number of aliphatic hydroxyl groups excluding tert-OH is 1. The molecule has 24 heavy (non-hydrogen) atoms. The number of rotatable bonds is 5. The lowest BCUT2D eigenvalue weighted by Gasteiger charge is -2.28. The molecule has 1 fully saturated rings. The first-order chi connectivity index (χ1) is 11.7. The molecule has 1 aromatic heterocycles. The predicted molar refractivity (Wildman–Crippen MR) is 92.0 cm³/mol. The van der Waals surface area contributed by atoms with Gasteiger partial charge in [-0.1, -0.05) is 18.9 Å². The molecule has 1 aliphatic rings. The Morgan fingerprint density at radius 3 is 2.71 bits per heavy atom. The van der Waals surface area contributed by atoms with Crippen molar-refractivity contribution in [3.8, 4) is 17.0 Å². The zero-order valence-electron chi connectivity index (χ0n) is 13.8. The number of pyridine rings is 1. The van der Waals surface area contributed by atoms with Gasteiger partial charge in [0.15, 0.2) is 0 Å². The summed E-state index contributed by atoms with van der Waals surface area (Å²) in [7, 11) is 1.60. The fourth-order valence-electron chi connectivity index (χ4n) is 3.26. The number of aliphatic hydroxyl groups is 1. The Bertz CT molecular complexity index is 710. The van der Waals surface area contributed by atoms with Crippen molar-refractivity contribution in [1.82, 2.24) is 10.3 Å². The van der Waals surface area contributed by atoms with Crippen molar-refractivity contribution in [2.24, 2.45) is 0 Å². The van der Waals surface area contributed by atoms with E-state index >= 15 is 0 Å². The van der Waals surface area contributed by atoms with Crippen molar-refractivity contribution in [2.45, 2.75) is 31.2 Å². The van der Waals surface area contributed by atoms with Gasteiger partial charge in [-0.2, -0.15) is 0 Å². The van der Waals surface area contributed by atoms with E-state index in [2.05, 4.69) is 10.3 Å². The van der Waals surface area contributed by atoms with Crippen LogP contribution in [0.5, 0.6) is 5.75 Å². The van der Waals surface area contributed by atoms with E-state index in [1.807, 2.05) is 18.2 Å². The van der Waals surface area contributed by atoms with Gasteiger partial charge in [-0.25, -0.2) is 0 Å². The van der Waals surface area contributed by atoms with Crippen LogP contribution in [-0.4, -0.2) is 35.3 Å². The van der Waals surface area contributed by atoms with E-state index in [-0.39, 0.29) is 12.5 Å². The lowest BCUT2D eigenvalue weighted by molar-refractivity contribution is 0.0838. The molecule has 0 saturated heterocycles. The lowest BCUT2D eigenvalue weighted by atomic mass is 9.97. The van der Waals surface area contributed by atoms with E-state index in [4.69, 9.17) is 4.74 Å². The van der Waals surface area contributed by atoms with Crippen molar-refractivity contribution in [2.75, 3.05) is 13.7 Å². The molecule has 1 aliphatic carbocycles. The Morgan fingerprint density at radius 2 is 2.08 bits per heavy atom. The van der Waals surface area contributed by atoms with Gasteiger partial charge in [-0.15, -0.1) is 0 Å². The van der Waals surface area contributed by atoms with Gasteiger partial charge >= 0.3 is 0 Å². The van der Waals surface area contributed by atoms with E-state index in [9.17, 15) is 9.90 Å². The number of benzene rings is 1. The number of carbonyl (C=O) groups is 1. The van der Waals surface area contributed by atoms with Crippen LogP contribution in [0.15, 0.2) is 42.6 Å². The molecule has 0 spiro atoms. The van der Waals surface area contributed by atoms with Crippen molar-refractivity contribution in [1.29, 1.82) is 0 Å². The van der Waals surface area contributed by atoms with Gasteiger partial charge in [0, 0.05) is 17.3 Å². The summed E-state index contributed by atoms with van der Waals surface area (Å²) in [4.78, 5) is 17.0. The van der Waals surface area contributed by atoms with Crippen LogP contribution in [0, 0.1) is 0 Å². The number of hydrogen-bond donors (Lipinski definition) is 2. The van der Waals surface area contributed by atoms with Gasteiger partial charge in [0.05, 0.1) is 24.9 Å². The van der Waals surface area contributed by atoms with Crippen molar-refractivity contribution in [3.05, 3.63) is 48.2 Å². The number of amides is 1. The van der Waals surface area contributed by atoms with Crippen LogP contribution in [0.4, 0.5) is 0 Å². The molecular weight excluding hydrogens is 304 g/mol. The SMILES string of the molecule is COc1ccc(C(=O)NC2(CO)CCCC2)cc1-c1ccccn1. The van der Waals surface area contributed by atoms with Crippen LogP contribution < -0.4 is 10.1 Å². The Balaban J connectivity index is 1.90. The molecular formula is C19H22N2O3. The van der Waals surface area contributed by atoms with E-state index in [0.29, 0.717) is 11.3 Å². The highest BCUT2D eigenvalue weighted by atomic mass is 16.5. The Morgan fingerprint density at radius 1 is 1.29 bits per heavy atom. The average Bonchev–Trinajstić information content (AvgIpc) is 3.11. The molecule has 0 radical (unpaired) electrons. The summed E-state index contributed by atoms with van der Waals surface area (Å²) in [6.07, 6.45) is 5.41. The first-order valence-electron chi connectivity index (χ1n) is 8.20. The van der Waals surface area contributed by atoms with Crippen molar-refractivity contribution >= 4 is 5.91 Å². The summed E-state index contributed by atoms with van der Waals surface area (Å²) in [6, 6.07) is 10.9. The standard InChI is InChI=1S/C19H22N2O3/c1-24-17-8-7-14(12-15(17)16-6-2-5-11-20-16)18(23)21-19(13-22)9-3-4-10-19/h2,5-8,11-12,22H,3-4,9-10,13H2,1H3,(H,21,23). The van der Waals surface area contributed by atoms with Gasteiger partial charge in [0.2, 0.25) is 0 Å². The summed E-state index contributed by atoms with van der Waals surface area (Å²) >= 11 is 0. The molecule has 0 bridgehead atoms. The molecule has 5 nitrogen and oxygen atoms in total. The van der Waals surface area contributed by atoms with Gasteiger partial charge in [-0.3, -0.25) is 9.78 Å². The molecule has 0 aliphatic heterocycles. The minimum absolute atomic E-state index is 0.0258. The Hall–Kier alpha value is -2.40. The highest BCUT2D eigenvalue weighted by Gasteiger charge is 2.34. The average molecular weight is 326 g/mol. The van der Waals surface area contributed by atoms with Crippen LogP contribution in [0.25, 0.3) is 11.3 Å². The molecule has 2 N–H and O–H groups in total. The smallest absolute Gasteiger partial charge is 0.251 e. The van der Waals surface area contributed by atoms with Gasteiger partial charge in [0.25, 0.3) is 5.91 Å². The van der Waals surface area contributed by atoms with Gasteiger partial charge in [-0.05, 0) is 43.2 Å². The van der Waals surface area contributed by atoms with Gasteiger partial charge < -0.3 is 15.2 Å². The van der Waals surface area contributed by atoms with E-state index in [1.54, 1.807) is 31.5 Å². The zero-order chi connectivity index (χ0) is 17.0. The number of methoxy groups -OCH3 is 1. The normalized spacial score (nSPS) is 15.9. The van der Waals surface area contributed by atoms with Crippen LogP contribution in [-0.2, 0) is 0 Å². The van der Waals surface area contributed by atoms with Crippen LogP contribution in [0.2, 0.25) is 0 Å². The van der Waals surface area contributed by atoms with Crippen LogP contribution in [0.1, 0.15) is 36.0 Å². The van der Waals surface area contributed by atoms with Crippen LogP contribution in [0.3, 0.4) is 0 Å². The molecule has 2 aromatic rings. The molecule has 1 saturated carbocycles. The number of nitrogens with one attached hydrogen (secondary N) is 1. The summed E-state index contributed by atoms with van der Waals surface area (Å²) in [5, 5.41) is 12.7. The second kappa shape index (κ2) is 7.01. The quantitative estimate of drug-likeness (QED) is 0.886. The lowest BCUT2D eigenvalue weighted by Crippen LogP contribution is -2.49. The number of nitrogens with zero attached hydrogens (tertiary/aromatic N) is 1. The van der Waals surface area contributed by atoms with Crippen molar-refractivity contribution < 1.29 is 14.6 Å². The van der Waals surface area contributed by atoms with Crippen LogP contribution >= 0.6 is 0 Å². The molecule has 1 amide bonds. The monoisotopic (exact) mass is 326 g/mol. The third-order valence-corrected chi connectivity index (χ3v) is 4.64. The maximum Gasteiger partial charge on any atom is 0.251 e.